The van der Waals surface area contributed by atoms with Crippen molar-refractivity contribution in [1.82, 2.24) is 14.8 Å². The summed E-state index contributed by atoms with van der Waals surface area (Å²) < 4.78 is 16.5. The second-order valence-corrected chi connectivity index (χ2v) is 8.84. The maximum atomic E-state index is 13.5. The van der Waals surface area contributed by atoms with Crippen molar-refractivity contribution in [3.8, 4) is 0 Å². The van der Waals surface area contributed by atoms with Crippen LogP contribution in [0.2, 0.25) is 0 Å². The molecule has 9 heteroatoms. The van der Waals surface area contributed by atoms with Crippen LogP contribution in [0.4, 0.5) is 0 Å². The van der Waals surface area contributed by atoms with Crippen molar-refractivity contribution < 1.29 is 23.2 Å². The van der Waals surface area contributed by atoms with Gasteiger partial charge < -0.3 is 18.5 Å². The van der Waals surface area contributed by atoms with Crippen LogP contribution in [0.25, 0.3) is 0 Å². The number of carbonyl (C=O) groups excluding carboxylic acids is 2. The molecule has 33 heavy (non-hydrogen) atoms. The Morgan fingerprint density at radius 2 is 1.88 bits per heavy atom. The quantitative estimate of drug-likeness (QED) is 0.609. The Balaban J connectivity index is 1.32. The van der Waals surface area contributed by atoms with Gasteiger partial charge in [0.2, 0.25) is 5.91 Å². The lowest BCUT2D eigenvalue weighted by atomic mass is 9.84. The molecule has 2 amide bonds. The van der Waals surface area contributed by atoms with Crippen LogP contribution < -0.4 is 0 Å². The average Bonchev–Trinajstić information content (AvgIpc) is 3.56. The predicted octanol–water partition coefficient (Wildman–Crippen LogP) is 2.51. The van der Waals surface area contributed by atoms with Gasteiger partial charge in [0.05, 0.1) is 25.7 Å². The molecule has 0 spiro atoms. The third-order valence-electron chi connectivity index (χ3n) is 6.73. The molecule has 2 fully saturated rings. The van der Waals surface area contributed by atoms with Crippen molar-refractivity contribution in [2.45, 2.75) is 31.7 Å². The molecule has 9 nitrogen and oxygen atoms in total. The highest BCUT2D eigenvalue weighted by Crippen LogP contribution is 2.34. The summed E-state index contributed by atoms with van der Waals surface area (Å²) in [6, 6.07) is 6.93. The number of ether oxygens (including phenoxy) is 1. The molecule has 0 unspecified atom stereocenters. The zero-order valence-corrected chi connectivity index (χ0v) is 18.7. The molecule has 0 aromatic carbocycles. The van der Waals surface area contributed by atoms with Crippen LogP contribution in [-0.4, -0.2) is 78.3 Å². The number of hydrogen-bond acceptors (Lipinski definition) is 7. The van der Waals surface area contributed by atoms with Crippen molar-refractivity contribution in [2.75, 3.05) is 45.9 Å². The van der Waals surface area contributed by atoms with Crippen molar-refractivity contribution >= 4 is 17.5 Å². The fourth-order valence-electron chi connectivity index (χ4n) is 4.54. The number of hydrogen-bond donors (Lipinski definition) is 0. The normalized spacial score (nSPS) is 21.6. The molecule has 1 saturated carbocycles. The zero-order valence-electron chi connectivity index (χ0n) is 18.7. The number of nitrogens with zero attached hydrogens (tertiary/aromatic N) is 4. The standard InChI is InChI=1S/C24H30N4O5/c29-23(17-27(24(30)18-4-1-5-18)9-8-26-10-14-31-15-11-26)28-20(22-7-3-13-33-22)16-19(25-28)21-6-2-12-32-21/h2-3,6-7,12-13,18,20H,1,4-5,8-11,14-17H2/t20-/m0/s1. The van der Waals surface area contributed by atoms with Gasteiger partial charge >= 0.3 is 0 Å². The Bertz CT molecular complexity index is 961. The van der Waals surface area contributed by atoms with Crippen LogP contribution in [0.5, 0.6) is 0 Å². The van der Waals surface area contributed by atoms with Gasteiger partial charge in [0.15, 0.2) is 0 Å². The molecule has 5 rings (SSSR count). The first-order valence-corrected chi connectivity index (χ1v) is 11.7. The minimum Gasteiger partial charge on any atom is -0.467 e. The SMILES string of the molecule is O=C(C1CCC1)N(CCN1CCOCC1)CC(=O)N1N=C(c2ccco2)C[C@H]1c1ccco1. The van der Waals surface area contributed by atoms with E-state index in [2.05, 4.69) is 10.0 Å². The van der Waals surface area contributed by atoms with E-state index in [1.54, 1.807) is 29.6 Å². The molecular formula is C24H30N4O5. The molecule has 2 aromatic rings. The van der Waals surface area contributed by atoms with Gasteiger partial charge in [0.1, 0.15) is 29.8 Å². The molecule has 2 aliphatic heterocycles. The topological polar surface area (TPSA) is 91.7 Å². The first-order chi connectivity index (χ1) is 16.2. The van der Waals surface area contributed by atoms with Gasteiger partial charge in [-0.15, -0.1) is 0 Å². The summed E-state index contributed by atoms with van der Waals surface area (Å²) in [6.45, 7) is 4.38. The van der Waals surface area contributed by atoms with Gasteiger partial charge in [0.25, 0.3) is 5.91 Å². The number of carbonyl (C=O) groups is 2. The van der Waals surface area contributed by atoms with Crippen molar-refractivity contribution in [2.24, 2.45) is 11.0 Å². The number of hydrazone groups is 1. The zero-order chi connectivity index (χ0) is 22.6. The summed E-state index contributed by atoms with van der Waals surface area (Å²) in [6.07, 6.45) is 6.57. The van der Waals surface area contributed by atoms with E-state index in [9.17, 15) is 9.59 Å². The highest BCUT2D eigenvalue weighted by molar-refractivity contribution is 6.01. The number of furan rings is 2. The van der Waals surface area contributed by atoms with E-state index in [0.717, 1.165) is 38.9 Å². The third-order valence-corrected chi connectivity index (χ3v) is 6.73. The van der Waals surface area contributed by atoms with E-state index in [4.69, 9.17) is 13.6 Å². The van der Waals surface area contributed by atoms with E-state index < -0.39 is 0 Å². The van der Waals surface area contributed by atoms with Crippen molar-refractivity contribution in [1.29, 1.82) is 0 Å². The van der Waals surface area contributed by atoms with E-state index in [1.165, 1.54) is 5.01 Å². The number of rotatable bonds is 8. The molecule has 1 aliphatic carbocycles. The highest BCUT2D eigenvalue weighted by atomic mass is 16.5. The van der Waals surface area contributed by atoms with Gasteiger partial charge in [0, 0.05) is 38.5 Å². The fourth-order valence-corrected chi connectivity index (χ4v) is 4.54. The van der Waals surface area contributed by atoms with Crippen LogP contribution in [0.3, 0.4) is 0 Å². The van der Waals surface area contributed by atoms with Gasteiger partial charge in [-0.2, -0.15) is 5.10 Å². The average molecular weight is 455 g/mol. The monoisotopic (exact) mass is 454 g/mol. The lowest BCUT2D eigenvalue weighted by Crippen LogP contribution is -2.49. The van der Waals surface area contributed by atoms with E-state index in [-0.39, 0.29) is 30.3 Å². The summed E-state index contributed by atoms with van der Waals surface area (Å²) in [5, 5.41) is 6.06. The van der Waals surface area contributed by atoms with Gasteiger partial charge in [-0.1, -0.05) is 6.42 Å². The second kappa shape index (κ2) is 9.93. The molecule has 4 heterocycles. The number of morpholine rings is 1. The fraction of sp³-hybridized carbons (Fsp3) is 0.542. The van der Waals surface area contributed by atoms with Crippen LogP contribution in [0.1, 0.15) is 43.2 Å². The first kappa shape index (κ1) is 21.9. The molecule has 176 valence electrons. The Kier molecular flexibility index (Phi) is 6.59. The molecule has 3 aliphatic rings. The molecular weight excluding hydrogens is 424 g/mol. The summed E-state index contributed by atoms with van der Waals surface area (Å²) >= 11 is 0. The number of amides is 2. The molecule has 0 bridgehead atoms. The van der Waals surface area contributed by atoms with Crippen LogP contribution in [-0.2, 0) is 14.3 Å². The Morgan fingerprint density at radius 1 is 1.09 bits per heavy atom. The third kappa shape index (κ3) is 4.89. The molecule has 0 N–H and O–H groups in total. The largest absolute Gasteiger partial charge is 0.467 e. The lowest BCUT2D eigenvalue weighted by molar-refractivity contribution is -0.146. The predicted molar refractivity (Wildman–Crippen MR) is 119 cm³/mol. The van der Waals surface area contributed by atoms with Crippen molar-refractivity contribution in [3.05, 3.63) is 48.3 Å². The second-order valence-electron chi connectivity index (χ2n) is 8.84. The van der Waals surface area contributed by atoms with Gasteiger partial charge in [-0.3, -0.25) is 14.5 Å². The minimum atomic E-state index is -0.354. The Hall–Kier alpha value is -2.91. The van der Waals surface area contributed by atoms with Crippen LogP contribution >= 0.6 is 0 Å². The van der Waals surface area contributed by atoms with E-state index in [0.29, 0.717) is 43.4 Å². The van der Waals surface area contributed by atoms with E-state index in [1.807, 2.05) is 12.1 Å². The van der Waals surface area contributed by atoms with E-state index >= 15 is 0 Å². The molecule has 1 saturated heterocycles. The Labute approximate surface area is 192 Å². The van der Waals surface area contributed by atoms with Gasteiger partial charge in [-0.25, -0.2) is 5.01 Å². The maximum absolute atomic E-state index is 13.5. The highest BCUT2D eigenvalue weighted by Gasteiger charge is 2.38. The summed E-state index contributed by atoms with van der Waals surface area (Å²) in [5.41, 5.74) is 0.694. The summed E-state index contributed by atoms with van der Waals surface area (Å²) in [5.74, 6) is 1.19. The smallest absolute Gasteiger partial charge is 0.262 e. The summed E-state index contributed by atoms with van der Waals surface area (Å²) in [4.78, 5) is 30.6. The maximum Gasteiger partial charge on any atom is 0.262 e. The Morgan fingerprint density at radius 3 is 2.55 bits per heavy atom. The van der Waals surface area contributed by atoms with Crippen molar-refractivity contribution in [3.63, 3.8) is 0 Å². The summed E-state index contributed by atoms with van der Waals surface area (Å²) in [7, 11) is 0. The first-order valence-electron chi connectivity index (χ1n) is 11.7. The molecule has 2 aromatic heterocycles. The molecule has 0 radical (unpaired) electrons. The lowest BCUT2D eigenvalue weighted by Gasteiger charge is -2.34. The molecule has 1 atom stereocenters. The van der Waals surface area contributed by atoms with Gasteiger partial charge in [-0.05, 0) is 37.1 Å². The minimum absolute atomic E-state index is 0.00577. The van der Waals surface area contributed by atoms with Crippen LogP contribution in [0.15, 0.2) is 50.7 Å². The van der Waals surface area contributed by atoms with Crippen LogP contribution in [0, 0.1) is 5.92 Å².